The van der Waals surface area contributed by atoms with Crippen LogP contribution in [0.5, 0.6) is 0 Å². The van der Waals surface area contributed by atoms with Crippen LogP contribution in [0.3, 0.4) is 0 Å². The Morgan fingerprint density at radius 2 is 2.21 bits per heavy atom. The number of benzene rings is 1. The minimum atomic E-state index is -0.916. The fraction of sp³-hybridized carbons (Fsp3) is 0.133. The molecule has 1 aromatic carbocycles. The van der Waals surface area contributed by atoms with Crippen molar-refractivity contribution in [3.63, 3.8) is 0 Å². The van der Waals surface area contributed by atoms with Crippen LogP contribution in [0, 0.1) is 11.6 Å². The van der Waals surface area contributed by atoms with E-state index in [0.29, 0.717) is 5.70 Å². The maximum Gasteiger partial charge on any atom is 0.229 e. The van der Waals surface area contributed by atoms with Crippen molar-refractivity contribution in [2.45, 2.75) is 6.54 Å². The van der Waals surface area contributed by atoms with Crippen LogP contribution in [-0.2, 0) is 6.54 Å². The number of aliphatic imine (C=N–C) groups is 1. The van der Waals surface area contributed by atoms with Crippen LogP contribution in [0.1, 0.15) is 5.56 Å². The highest BCUT2D eigenvalue weighted by molar-refractivity contribution is 6.32. The van der Waals surface area contributed by atoms with Crippen molar-refractivity contribution in [2.24, 2.45) is 10.7 Å². The van der Waals surface area contributed by atoms with Crippen LogP contribution in [0.2, 0.25) is 5.02 Å². The van der Waals surface area contributed by atoms with Crippen LogP contribution in [0.15, 0.2) is 41.3 Å². The lowest BCUT2D eigenvalue weighted by atomic mass is 10.2. The van der Waals surface area contributed by atoms with Crippen molar-refractivity contribution in [3.05, 3.63) is 58.5 Å². The standard InChI is InChI=1S/C15H15ClF2N6/c1-20-7-10(5-19)23-15-22-8-11(16)14(24-15)21-6-9-3-2-4-12(17)13(9)18/h2-5,7-8H,6,19H2,1H3,(H2,21,22,23,24)/b10-5+,20-7?. The Morgan fingerprint density at radius 3 is 2.92 bits per heavy atom. The molecule has 1 heterocycles. The second-order valence-electron chi connectivity index (χ2n) is 4.59. The number of nitrogens with two attached hydrogens (primary N) is 1. The molecule has 0 radical (unpaired) electrons. The van der Waals surface area contributed by atoms with Crippen molar-refractivity contribution in [2.75, 3.05) is 17.7 Å². The monoisotopic (exact) mass is 352 g/mol. The van der Waals surface area contributed by atoms with E-state index in [9.17, 15) is 8.78 Å². The van der Waals surface area contributed by atoms with E-state index in [0.717, 1.165) is 6.07 Å². The first-order valence-electron chi connectivity index (χ1n) is 6.85. The Morgan fingerprint density at radius 1 is 1.42 bits per heavy atom. The molecule has 6 nitrogen and oxygen atoms in total. The van der Waals surface area contributed by atoms with E-state index in [1.807, 2.05) is 0 Å². The lowest BCUT2D eigenvalue weighted by Crippen LogP contribution is -2.10. The fourth-order valence-electron chi connectivity index (χ4n) is 1.80. The van der Waals surface area contributed by atoms with Crippen molar-refractivity contribution < 1.29 is 8.78 Å². The molecule has 0 aliphatic rings. The van der Waals surface area contributed by atoms with E-state index >= 15 is 0 Å². The molecule has 24 heavy (non-hydrogen) atoms. The Bertz CT molecular complexity index is 779. The molecule has 126 valence electrons. The van der Waals surface area contributed by atoms with Gasteiger partial charge in [-0.25, -0.2) is 13.8 Å². The topological polar surface area (TPSA) is 88.2 Å². The fourth-order valence-corrected chi connectivity index (χ4v) is 1.96. The smallest absolute Gasteiger partial charge is 0.229 e. The molecule has 1 aromatic heterocycles. The summed E-state index contributed by atoms with van der Waals surface area (Å²) in [5.74, 6) is -1.34. The van der Waals surface area contributed by atoms with E-state index in [1.54, 1.807) is 7.05 Å². The quantitative estimate of drug-likeness (QED) is 0.696. The first-order valence-corrected chi connectivity index (χ1v) is 7.23. The van der Waals surface area contributed by atoms with Crippen LogP contribution in [0.25, 0.3) is 0 Å². The van der Waals surface area contributed by atoms with Gasteiger partial charge in [-0.15, -0.1) is 0 Å². The van der Waals surface area contributed by atoms with Gasteiger partial charge in [0.2, 0.25) is 5.95 Å². The highest BCUT2D eigenvalue weighted by Gasteiger charge is 2.10. The second-order valence-corrected chi connectivity index (χ2v) is 5.00. The summed E-state index contributed by atoms with van der Waals surface area (Å²) in [6.45, 7) is 0.00969. The normalized spacial score (nSPS) is 11.8. The van der Waals surface area contributed by atoms with E-state index < -0.39 is 11.6 Å². The average Bonchev–Trinajstić information content (AvgIpc) is 2.58. The van der Waals surface area contributed by atoms with E-state index in [1.165, 1.54) is 30.7 Å². The minimum absolute atomic E-state index is 0.00969. The minimum Gasteiger partial charge on any atom is -0.403 e. The van der Waals surface area contributed by atoms with E-state index in [4.69, 9.17) is 17.3 Å². The predicted molar refractivity (Wildman–Crippen MR) is 91.0 cm³/mol. The third-order valence-electron chi connectivity index (χ3n) is 2.93. The number of allylic oxidation sites excluding steroid dienone is 1. The largest absolute Gasteiger partial charge is 0.403 e. The zero-order valence-electron chi connectivity index (χ0n) is 12.7. The van der Waals surface area contributed by atoms with Gasteiger partial charge in [0.25, 0.3) is 0 Å². The van der Waals surface area contributed by atoms with E-state index in [-0.39, 0.29) is 28.9 Å². The molecular weight excluding hydrogens is 338 g/mol. The number of rotatable bonds is 6. The van der Waals surface area contributed by atoms with Gasteiger partial charge in [0, 0.05) is 31.6 Å². The van der Waals surface area contributed by atoms with Gasteiger partial charge in [0.05, 0.1) is 11.9 Å². The average molecular weight is 353 g/mol. The molecule has 0 unspecified atom stereocenters. The van der Waals surface area contributed by atoms with Crippen molar-refractivity contribution in [3.8, 4) is 0 Å². The third kappa shape index (κ3) is 4.39. The van der Waals surface area contributed by atoms with Crippen molar-refractivity contribution in [1.82, 2.24) is 9.97 Å². The SMILES string of the molecule is CN=C/C(=C\N)Nc1ncc(Cl)c(NCc2cccc(F)c2F)n1. The molecule has 2 rings (SSSR count). The number of halogens is 3. The Balaban J connectivity index is 2.15. The van der Waals surface area contributed by atoms with Gasteiger partial charge in [0.1, 0.15) is 5.02 Å². The molecule has 0 aliphatic heterocycles. The van der Waals surface area contributed by atoms with Crippen LogP contribution in [-0.4, -0.2) is 23.2 Å². The zero-order chi connectivity index (χ0) is 17.5. The summed E-state index contributed by atoms with van der Waals surface area (Å²) in [5, 5.41) is 5.93. The van der Waals surface area contributed by atoms with Gasteiger partial charge < -0.3 is 16.4 Å². The zero-order valence-corrected chi connectivity index (χ0v) is 13.5. The first-order chi connectivity index (χ1) is 11.5. The highest BCUT2D eigenvalue weighted by Crippen LogP contribution is 2.21. The lowest BCUT2D eigenvalue weighted by molar-refractivity contribution is 0.500. The van der Waals surface area contributed by atoms with E-state index in [2.05, 4.69) is 25.6 Å². The Kier molecular flexibility index (Phi) is 6.02. The van der Waals surface area contributed by atoms with Gasteiger partial charge in [-0.2, -0.15) is 4.98 Å². The molecule has 0 atom stereocenters. The molecule has 0 saturated carbocycles. The summed E-state index contributed by atoms with van der Waals surface area (Å²) in [6, 6.07) is 3.94. The number of hydrogen-bond donors (Lipinski definition) is 3. The van der Waals surface area contributed by atoms with Gasteiger partial charge in [-0.3, -0.25) is 4.99 Å². The molecule has 9 heteroatoms. The first kappa shape index (κ1) is 17.6. The number of aromatic nitrogens is 2. The number of anilines is 2. The molecule has 4 N–H and O–H groups in total. The summed E-state index contributed by atoms with van der Waals surface area (Å²) in [5.41, 5.74) is 6.09. The Hall–Kier alpha value is -2.74. The maximum atomic E-state index is 13.7. The molecule has 0 saturated heterocycles. The molecule has 2 aromatic rings. The Labute approximate surface area is 142 Å². The van der Waals surface area contributed by atoms with Crippen LogP contribution < -0.4 is 16.4 Å². The van der Waals surface area contributed by atoms with Gasteiger partial charge in [-0.05, 0) is 6.07 Å². The summed E-state index contributed by atoms with van der Waals surface area (Å²) in [4.78, 5) is 12.0. The summed E-state index contributed by atoms with van der Waals surface area (Å²) < 4.78 is 26.9. The summed E-state index contributed by atoms with van der Waals surface area (Å²) >= 11 is 6.02. The molecule has 0 aliphatic carbocycles. The van der Waals surface area contributed by atoms with Gasteiger partial charge in [-0.1, -0.05) is 23.7 Å². The van der Waals surface area contributed by atoms with Gasteiger partial charge >= 0.3 is 0 Å². The summed E-state index contributed by atoms with van der Waals surface area (Å²) in [6.07, 6.45) is 4.17. The van der Waals surface area contributed by atoms with Crippen molar-refractivity contribution in [1.29, 1.82) is 0 Å². The highest BCUT2D eigenvalue weighted by atomic mass is 35.5. The number of nitrogens with one attached hydrogen (secondary N) is 2. The summed E-state index contributed by atoms with van der Waals surface area (Å²) in [7, 11) is 1.59. The third-order valence-corrected chi connectivity index (χ3v) is 3.20. The molecule has 0 fully saturated rings. The molecular formula is C15H15ClF2N6. The second kappa shape index (κ2) is 8.21. The number of hydrogen-bond acceptors (Lipinski definition) is 6. The lowest BCUT2D eigenvalue weighted by Gasteiger charge is -2.11. The van der Waals surface area contributed by atoms with Crippen LogP contribution >= 0.6 is 11.6 Å². The van der Waals surface area contributed by atoms with Gasteiger partial charge in [0.15, 0.2) is 17.5 Å². The molecule has 0 amide bonds. The maximum absolute atomic E-state index is 13.7. The molecule has 0 bridgehead atoms. The molecule has 0 spiro atoms. The predicted octanol–water partition coefficient (Wildman–Crippen LogP) is 2.93. The van der Waals surface area contributed by atoms with Crippen molar-refractivity contribution >= 4 is 29.6 Å². The number of nitrogens with zero attached hydrogens (tertiary/aromatic N) is 3. The van der Waals surface area contributed by atoms with Crippen LogP contribution in [0.4, 0.5) is 20.5 Å².